The average Bonchev–Trinajstić information content (AvgIpc) is 2.18. The second-order valence-corrected chi connectivity index (χ2v) is 6.03. The van der Waals surface area contributed by atoms with Crippen LogP contribution in [0.2, 0.25) is 0 Å². The minimum absolute atomic E-state index is 0.401. The van der Waals surface area contributed by atoms with E-state index in [1.165, 1.54) is 7.05 Å². The Hall–Kier alpha value is -1.56. The zero-order valence-electron chi connectivity index (χ0n) is 9.75. The van der Waals surface area contributed by atoms with Crippen molar-refractivity contribution in [1.29, 1.82) is 0 Å². The minimum atomic E-state index is -4.78. The highest BCUT2D eigenvalue weighted by Crippen LogP contribution is 2.15. The van der Waals surface area contributed by atoms with Gasteiger partial charge in [0, 0.05) is 7.05 Å². The van der Waals surface area contributed by atoms with Crippen LogP contribution < -0.4 is 0 Å². The first-order valence-corrected chi connectivity index (χ1v) is 7.55. The Morgan fingerprint density at radius 2 is 1.79 bits per heavy atom. The maximum atomic E-state index is 11.0. The normalized spacial score (nSPS) is 14.9. The van der Waals surface area contributed by atoms with E-state index in [2.05, 4.69) is 16.8 Å². The summed E-state index contributed by atoms with van der Waals surface area (Å²) >= 11 is 0. The first-order chi connectivity index (χ1) is 8.47. The van der Waals surface area contributed by atoms with E-state index in [-0.39, 0.29) is 0 Å². The molecule has 108 valence electrons. The highest BCUT2D eigenvalue weighted by molar-refractivity contribution is 7.90. The molecule has 0 spiro atoms. The summed E-state index contributed by atoms with van der Waals surface area (Å²) in [5.41, 5.74) is -0.401. The molecule has 0 saturated heterocycles. The number of allylic oxidation sites excluding steroid dienone is 1. The molecule has 0 unspecified atom stereocenters. The second kappa shape index (κ2) is 6.56. The molecule has 0 aliphatic heterocycles. The summed E-state index contributed by atoms with van der Waals surface area (Å²) in [6, 6.07) is 0. The van der Waals surface area contributed by atoms with Gasteiger partial charge in [-0.05, 0) is 12.2 Å². The molecule has 0 radical (unpaired) electrons. The van der Waals surface area contributed by atoms with Gasteiger partial charge in [0.1, 0.15) is 11.5 Å². The molecule has 0 saturated carbocycles. The van der Waals surface area contributed by atoms with E-state index < -0.39 is 42.4 Å². The first kappa shape index (κ1) is 17.4. The number of nitrogens with zero attached hydrogens (tertiary/aromatic N) is 2. The molecular weight excluding hydrogens is 300 g/mol. The highest BCUT2D eigenvalue weighted by Gasteiger charge is 2.15. The lowest BCUT2D eigenvalue weighted by atomic mass is 10.3. The van der Waals surface area contributed by atoms with Crippen LogP contribution in [0.5, 0.6) is 0 Å². The molecule has 3 N–H and O–H groups in total. The molecule has 0 fully saturated rings. The molecule has 11 heteroatoms. The first-order valence-electron chi connectivity index (χ1n) is 4.50. The lowest BCUT2D eigenvalue weighted by molar-refractivity contribution is 0.423. The topological polar surface area (TPSA) is 154 Å². The van der Waals surface area contributed by atoms with Crippen molar-refractivity contribution in [2.75, 3.05) is 12.8 Å². The highest BCUT2D eigenvalue weighted by atomic mass is 32.2. The van der Waals surface area contributed by atoms with Crippen molar-refractivity contribution >= 4 is 20.2 Å². The summed E-state index contributed by atoms with van der Waals surface area (Å²) in [5, 5.41) is 15.7. The molecular formula is C8H12N2O7S2. The maximum Gasteiger partial charge on any atom is 0.294 e. The molecule has 0 rings (SSSR count). The van der Waals surface area contributed by atoms with Crippen molar-refractivity contribution in [3.05, 3.63) is 35.1 Å². The van der Waals surface area contributed by atoms with Crippen molar-refractivity contribution in [1.82, 2.24) is 0 Å². The number of hydrogen-bond acceptors (Lipinski definition) is 7. The van der Waals surface area contributed by atoms with Gasteiger partial charge in [-0.25, -0.2) is 0 Å². The van der Waals surface area contributed by atoms with E-state index in [0.717, 1.165) is 0 Å². The van der Waals surface area contributed by atoms with Crippen LogP contribution in [0.3, 0.4) is 0 Å². The van der Waals surface area contributed by atoms with E-state index in [1.807, 2.05) is 0 Å². The monoisotopic (exact) mass is 312 g/mol. The molecule has 19 heavy (non-hydrogen) atoms. The van der Waals surface area contributed by atoms with Crippen LogP contribution in [0.4, 0.5) is 0 Å². The minimum Gasteiger partial charge on any atom is -0.506 e. The Kier molecular flexibility index (Phi) is 6.02. The molecule has 9 nitrogen and oxygen atoms in total. The Morgan fingerprint density at radius 3 is 2.11 bits per heavy atom. The number of rotatable bonds is 6. The van der Waals surface area contributed by atoms with Gasteiger partial charge in [0.2, 0.25) is 0 Å². The summed E-state index contributed by atoms with van der Waals surface area (Å²) in [6.07, 6.45) is 1.18. The Balaban J connectivity index is 5.78. The van der Waals surface area contributed by atoms with Crippen LogP contribution in [0.1, 0.15) is 0 Å². The van der Waals surface area contributed by atoms with Gasteiger partial charge in [0.15, 0.2) is 0 Å². The Morgan fingerprint density at radius 1 is 1.26 bits per heavy atom. The predicted octanol–water partition coefficient (Wildman–Crippen LogP) is 0.684. The summed E-state index contributed by atoms with van der Waals surface area (Å²) in [7, 11) is -8.02. The molecule has 0 atom stereocenters. The fourth-order valence-electron chi connectivity index (χ4n) is 0.839. The van der Waals surface area contributed by atoms with Gasteiger partial charge in [-0.2, -0.15) is 27.1 Å². The van der Waals surface area contributed by atoms with Gasteiger partial charge in [0.25, 0.3) is 20.2 Å². The van der Waals surface area contributed by atoms with Crippen LogP contribution >= 0.6 is 0 Å². The smallest absolute Gasteiger partial charge is 0.294 e. The van der Waals surface area contributed by atoms with Gasteiger partial charge < -0.3 is 5.11 Å². The van der Waals surface area contributed by atoms with E-state index in [1.54, 1.807) is 0 Å². The van der Waals surface area contributed by atoms with Gasteiger partial charge in [-0.15, -0.1) is 0 Å². The summed E-state index contributed by atoms with van der Waals surface area (Å²) in [5.74, 6) is -1.69. The summed E-state index contributed by atoms with van der Waals surface area (Å²) in [4.78, 5) is -0.886. The third kappa shape index (κ3) is 7.46. The van der Waals surface area contributed by atoms with E-state index in [9.17, 15) is 16.8 Å². The van der Waals surface area contributed by atoms with Gasteiger partial charge in [-0.1, -0.05) is 6.58 Å². The Labute approximate surface area is 110 Å². The molecule has 0 aromatic heterocycles. The van der Waals surface area contributed by atoms with Crippen LogP contribution in [0, 0.1) is 0 Å². The molecule has 0 bridgehead atoms. The van der Waals surface area contributed by atoms with Crippen LogP contribution in [-0.4, -0.2) is 43.8 Å². The largest absolute Gasteiger partial charge is 0.506 e. The molecule has 0 heterocycles. The Bertz CT molecular complexity index is 641. The van der Waals surface area contributed by atoms with Crippen LogP contribution in [0.25, 0.3) is 0 Å². The number of aliphatic hydroxyl groups is 1. The number of hydrogen-bond donors (Lipinski definition) is 3. The van der Waals surface area contributed by atoms with E-state index in [4.69, 9.17) is 14.2 Å². The molecule has 0 aliphatic carbocycles. The SMILES string of the molecule is C=C(O)/C(=C/C(=C\CS(=O)(=O)O)S(=O)(=O)O)N=NC. The van der Waals surface area contributed by atoms with E-state index in [0.29, 0.717) is 12.2 Å². The lowest BCUT2D eigenvalue weighted by Gasteiger charge is -2.01. The number of azo groups is 1. The molecule has 0 aliphatic rings. The van der Waals surface area contributed by atoms with Crippen molar-refractivity contribution in [2.45, 2.75) is 0 Å². The predicted molar refractivity (Wildman–Crippen MR) is 66.7 cm³/mol. The zero-order valence-corrected chi connectivity index (χ0v) is 11.4. The van der Waals surface area contributed by atoms with Gasteiger partial charge in [0.05, 0.1) is 10.7 Å². The quantitative estimate of drug-likeness (QED) is 0.282. The molecule has 0 aromatic rings. The fourth-order valence-corrected chi connectivity index (χ4v) is 1.89. The van der Waals surface area contributed by atoms with Crippen molar-refractivity contribution in [2.24, 2.45) is 10.2 Å². The van der Waals surface area contributed by atoms with Crippen LogP contribution in [-0.2, 0) is 20.2 Å². The maximum absolute atomic E-state index is 11.0. The third-order valence-corrected chi connectivity index (χ3v) is 3.04. The fraction of sp³-hybridized carbons (Fsp3) is 0.250. The van der Waals surface area contributed by atoms with Gasteiger partial charge in [-0.3, -0.25) is 9.11 Å². The number of aliphatic hydroxyl groups excluding tert-OH is 1. The van der Waals surface area contributed by atoms with Crippen molar-refractivity contribution < 1.29 is 31.0 Å². The third-order valence-electron chi connectivity index (χ3n) is 1.58. The molecule has 0 aromatic carbocycles. The average molecular weight is 312 g/mol. The zero-order chi connectivity index (χ0) is 15.3. The van der Waals surface area contributed by atoms with Gasteiger partial charge >= 0.3 is 0 Å². The standard InChI is InChI=1S/C8H12N2O7S2/c1-6(11)8(10-9-2)5-7(19(15,16)17)3-4-18(12,13)14/h3,5,11H,1,4H2,2H3,(H,12,13,14)(H,15,16,17)/b7-3+,8-5-,10-9?. The summed E-state index contributed by atoms with van der Waals surface area (Å²) < 4.78 is 60.4. The lowest BCUT2D eigenvalue weighted by Crippen LogP contribution is -2.06. The molecule has 0 amide bonds. The van der Waals surface area contributed by atoms with Crippen molar-refractivity contribution in [3.63, 3.8) is 0 Å². The van der Waals surface area contributed by atoms with Crippen molar-refractivity contribution in [3.8, 4) is 0 Å². The summed E-state index contributed by atoms with van der Waals surface area (Å²) in [6.45, 7) is 3.08. The van der Waals surface area contributed by atoms with E-state index >= 15 is 0 Å². The van der Waals surface area contributed by atoms with Crippen LogP contribution in [0.15, 0.2) is 45.3 Å². The second-order valence-electron chi connectivity index (χ2n) is 3.11.